The van der Waals surface area contributed by atoms with E-state index >= 15 is 0 Å². The van der Waals surface area contributed by atoms with E-state index in [1.165, 1.54) is 19.3 Å². The van der Waals surface area contributed by atoms with Gasteiger partial charge in [-0.25, -0.2) is 0 Å². The van der Waals surface area contributed by atoms with E-state index in [2.05, 4.69) is 18.3 Å². The van der Waals surface area contributed by atoms with Crippen molar-refractivity contribution in [2.45, 2.75) is 32.3 Å². The van der Waals surface area contributed by atoms with E-state index in [0.29, 0.717) is 12.1 Å². The molecule has 1 aromatic carbocycles. The van der Waals surface area contributed by atoms with Crippen molar-refractivity contribution in [1.82, 2.24) is 5.32 Å². The molecule has 0 radical (unpaired) electrons. The Morgan fingerprint density at radius 1 is 1.37 bits per heavy atom. The zero-order valence-corrected chi connectivity index (χ0v) is 11.5. The molecule has 19 heavy (non-hydrogen) atoms. The lowest BCUT2D eigenvalue weighted by molar-refractivity contribution is 0.171. The maximum atomic E-state index is 10.1. The first kappa shape index (κ1) is 14.0. The number of aliphatic hydroxyl groups is 1. The van der Waals surface area contributed by atoms with E-state index < -0.39 is 6.10 Å². The van der Waals surface area contributed by atoms with Gasteiger partial charge >= 0.3 is 0 Å². The fourth-order valence-electron chi connectivity index (χ4n) is 2.83. The summed E-state index contributed by atoms with van der Waals surface area (Å²) in [5.41, 5.74) is 1.50. The van der Waals surface area contributed by atoms with Crippen LogP contribution < -0.4 is 5.32 Å². The molecule has 0 heterocycles. The smallest absolute Gasteiger partial charge is 0.0991 e. The summed E-state index contributed by atoms with van der Waals surface area (Å²) < 4.78 is 0. The Hall–Kier alpha value is -1.37. The largest absolute Gasteiger partial charge is 0.387 e. The number of aliphatic hydroxyl groups excluding tert-OH is 1. The highest BCUT2D eigenvalue weighted by molar-refractivity contribution is 5.32. The Balaban J connectivity index is 1.77. The van der Waals surface area contributed by atoms with Crippen LogP contribution in [0.1, 0.15) is 43.4 Å². The predicted octanol–water partition coefficient (Wildman–Crippen LogP) is 2.62. The van der Waals surface area contributed by atoms with Crippen molar-refractivity contribution in [1.29, 1.82) is 5.26 Å². The fraction of sp³-hybridized carbons (Fsp3) is 0.562. The summed E-state index contributed by atoms with van der Waals surface area (Å²) in [5.74, 6) is 1.56. The van der Waals surface area contributed by atoms with E-state index in [1.54, 1.807) is 12.1 Å². The molecule has 1 aliphatic rings. The number of rotatable bonds is 5. The van der Waals surface area contributed by atoms with Gasteiger partial charge in [0.15, 0.2) is 0 Å². The minimum atomic E-state index is -0.496. The van der Waals surface area contributed by atoms with Gasteiger partial charge in [0, 0.05) is 6.54 Å². The summed E-state index contributed by atoms with van der Waals surface area (Å²) in [4.78, 5) is 0. The van der Waals surface area contributed by atoms with Crippen LogP contribution in [0.2, 0.25) is 0 Å². The van der Waals surface area contributed by atoms with E-state index in [4.69, 9.17) is 5.26 Å². The number of nitriles is 1. The van der Waals surface area contributed by atoms with Gasteiger partial charge in [0.1, 0.15) is 0 Å². The second-order valence-electron chi connectivity index (χ2n) is 5.58. The Morgan fingerprint density at radius 2 is 2.11 bits per heavy atom. The summed E-state index contributed by atoms with van der Waals surface area (Å²) in [6.45, 7) is 3.89. The summed E-state index contributed by atoms with van der Waals surface area (Å²) in [6, 6.07) is 9.22. The molecule has 3 atom stereocenters. The molecule has 0 amide bonds. The summed E-state index contributed by atoms with van der Waals surface area (Å²) in [6.07, 6.45) is 3.49. The van der Waals surface area contributed by atoms with Crippen LogP contribution in [0, 0.1) is 23.2 Å². The zero-order valence-electron chi connectivity index (χ0n) is 11.5. The highest BCUT2D eigenvalue weighted by atomic mass is 16.3. The molecular formula is C16H22N2O. The molecule has 1 fully saturated rings. The molecule has 0 saturated heterocycles. The monoisotopic (exact) mass is 258 g/mol. The van der Waals surface area contributed by atoms with Crippen LogP contribution in [0.15, 0.2) is 24.3 Å². The number of hydrogen-bond donors (Lipinski definition) is 2. The van der Waals surface area contributed by atoms with Gasteiger partial charge in [-0.3, -0.25) is 0 Å². The Kier molecular flexibility index (Phi) is 4.95. The van der Waals surface area contributed by atoms with Crippen molar-refractivity contribution in [3.63, 3.8) is 0 Å². The van der Waals surface area contributed by atoms with Crippen LogP contribution in [-0.2, 0) is 0 Å². The van der Waals surface area contributed by atoms with Gasteiger partial charge in [-0.1, -0.05) is 31.9 Å². The SMILES string of the molecule is CC1CCCC1CNCC(O)c1ccc(C#N)cc1. The van der Waals surface area contributed by atoms with E-state index in [9.17, 15) is 5.11 Å². The predicted molar refractivity (Wildman–Crippen MR) is 75.5 cm³/mol. The molecular weight excluding hydrogens is 236 g/mol. The van der Waals surface area contributed by atoms with E-state index in [1.807, 2.05) is 12.1 Å². The molecule has 2 N–H and O–H groups in total. The molecule has 3 unspecified atom stereocenters. The van der Waals surface area contributed by atoms with Gasteiger partial charge in [-0.2, -0.15) is 5.26 Å². The van der Waals surface area contributed by atoms with Crippen LogP contribution >= 0.6 is 0 Å². The fourth-order valence-corrected chi connectivity index (χ4v) is 2.83. The number of nitrogens with one attached hydrogen (secondary N) is 1. The van der Waals surface area contributed by atoms with Gasteiger partial charge in [0.25, 0.3) is 0 Å². The molecule has 1 saturated carbocycles. The second-order valence-corrected chi connectivity index (χ2v) is 5.58. The average molecular weight is 258 g/mol. The topological polar surface area (TPSA) is 56.0 Å². The van der Waals surface area contributed by atoms with Gasteiger partial charge < -0.3 is 10.4 Å². The number of hydrogen-bond acceptors (Lipinski definition) is 3. The third-order valence-electron chi connectivity index (χ3n) is 4.21. The molecule has 1 aliphatic carbocycles. The van der Waals surface area contributed by atoms with Crippen molar-refractivity contribution in [2.75, 3.05) is 13.1 Å². The molecule has 0 bridgehead atoms. The third kappa shape index (κ3) is 3.79. The normalized spacial score (nSPS) is 24.1. The minimum Gasteiger partial charge on any atom is -0.387 e. The molecule has 3 nitrogen and oxygen atoms in total. The molecule has 1 aromatic rings. The van der Waals surface area contributed by atoms with Crippen LogP contribution in [-0.4, -0.2) is 18.2 Å². The quantitative estimate of drug-likeness (QED) is 0.853. The lowest BCUT2D eigenvalue weighted by Gasteiger charge is -2.18. The van der Waals surface area contributed by atoms with Crippen molar-refractivity contribution in [2.24, 2.45) is 11.8 Å². The lowest BCUT2D eigenvalue weighted by Crippen LogP contribution is -2.28. The first-order valence-electron chi connectivity index (χ1n) is 7.09. The minimum absolute atomic E-state index is 0.496. The van der Waals surface area contributed by atoms with E-state index in [0.717, 1.165) is 23.9 Å². The average Bonchev–Trinajstić information content (AvgIpc) is 2.84. The molecule has 0 aromatic heterocycles. The molecule has 102 valence electrons. The summed E-state index contributed by atoms with van der Waals surface area (Å²) >= 11 is 0. The van der Waals surface area contributed by atoms with Crippen LogP contribution in [0.5, 0.6) is 0 Å². The summed E-state index contributed by atoms with van der Waals surface area (Å²) in [7, 11) is 0. The van der Waals surface area contributed by atoms with E-state index in [-0.39, 0.29) is 0 Å². The van der Waals surface area contributed by atoms with Crippen molar-refractivity contribution in [3.05, 3.63) is 35.4 Å². The third-order valence-corrected chi connectivity index (χ3v) is 4.21. The number of nitrogens with zero attached hydrogens (tertiary/aromatic N) is 1. The maximum Gasteiger partial charge on any atom is 0.0991 e. The highest BCUT2D eigenvalue weighted by Gasteiger charge is 2.22. The maximum absolute atomic E-state index is 10.1. The summed E-state index contributed by atoms with van der Waals surface area (Å²) in [5, 5.41) is 22.2. The Morgan fingerprint density at radius 3 is 2.68 bits per heavy atom. The van der Waals surface area contributed by atoms with Crippen molar-refractivity contribution in [3.8, 4) is 6.07 Å². The first-order chi connectivity index (χ1) is 9.20. The standard InChI is InChI=1S/C16H22N2O/c1-12-3-2-4-15(12)10-18-11-16(19)14-7-5-13(9-17)6-8-14/h5-8,12,15-16,18-19H,2-4,10-11H2,1H3. The zero-order chi connectivity index (χ0) is 13.7. The van der Waals surface area contributed by atoms with Gasteiger partial charge in [-0.05, 0) is 42.5 Å². The molecule has 0 spiro atoms. The van der Waals surface area contributed by atoms with Crippen molar-refractivity contribution < 1.29 is 5.11 Å². The molecule has 0 aliphatic heterocycles. The second kappa shape index (κ2) is 6.70. The van der Waals surface area contributed by atoms with Gasteiger partial charge in [0.05, 0.1) is 17.7 Å². The molecule has 3 heteroatoms. The Labute approximate surface area is 115 Å². The highest BCUT2D eigenvalue weighted by Crippen LogP contribution is 2.30. The van der Waals surface area contributed by atoms with Crippen LogP contribution in [0.25, 0.3) is 0 Å². The molecule has 2 rings (SSSR count). The van der Waals surface area contributed by atoms with Crippen LogP contribution in [0.3, 0.4) is 0 Å². The Bertz CT molecular complexity index is 435. The van der Waals surface area contributed by atoms with Crippen LogP contribution in [0.4, 0.5) is 0 Å². The van der Waals surface area contributed by atoms with Crippen molar-refractivity contribution >= 4 is 0 Å². The number of benzene rings is 1. The first-order valence-corrected chi connectivity index (χ1v) is 7.09. The lowest BCUT2D eigenvalue weighted by atomic mass is 9.98. The van der Waals surface area contributed by atoms with Gasteiger partial charge in [-0.15, -0.1) is 0 Å². The van der Waals surface area contributed by atoms with Gasteiger partial charge in [0.2, 0.25) is 0 Å².